The molecule has 0 aliphatic carbocycles. The van der Waals surface area contributed by atoms with Crippen LogP contribution in [0.2, 0.25) is 0 Å². The van der Waals surface area contributed by atoms with E-state index in [1.54, 1.807) is 0 Å². The Balaban J connectivity index is 1.00. The molecule has 0 bridgehead atoms. The van der Waals surface area contributed by atoms with E-state index in [-0.39, 0.29) is 0 Å². The number of hydrogen-bond donors (Lipinski definition) is 0. The number of para-hydroxylation sites is 6. The van der Waals surface area contributed by atoms with Gasteiger partial charge in [-0.05, 0) is 106 Å². The molecule has 0 fully saturated rings. The van der Waals surface area contributed by atoms with Crippen LogP contribution in [0.4, 0.5) is 34.1 Å². The molecule has 0 spiro atoms. The third-order valence-corrected chi connectivity index (χ3v) is 14.8. The number of nitrogens with zero attached hydrogens (tertiary/aromatic N) is 2. The number of hydrogen-bond acceptors (Lipinski definition) is 6. The summed E-state index contributed by atoms with van der Waals surface area (Å²) in [4.78, 5) is 4.77. The Labute approximate surface area is 410 Å². The van der Waals surface area contributed by atoms with Crippen molar-refractivity contribution in [2.24, 2.45) is 0 Å². The Morgan fingerprint density at radius 3 is 0.931 bits per heavy atom. The van der Waals surface area contributed by atoms with E-state index in [9.17, 15) is 0 Å². The number of benzene rings is 12. The molecule has 0 atom stereocenters. The SMILES string of the molecule is c1ccc2c(c1)oc1ccc(N(c3cc4c5ccccc5c(N(c5ccc6oc7ccccc7c6c5)c5cccc6c5oc5ccccc56)cc4c4ccccc34)c3cccc4c3oc3ccccc34)cc12. The van der Waals surface area contributed by atoms with E-state index in [1.807, 2.05) is 36.4 Å². The van der Waals surface area contributed by atoms with Gasteiger partial charge in [-0.2, -0.15) is 0 Å². The highest BCUT2D eigenvalue weighted by molar-refractivity contribution is 6.26. The highest BCUT2D eigenvalue weighted by atomic mass is 16.3. The quantitative estimate of drug-likeness (QED) is 0.155. The van der Waals surface area contributed by atoms with Crippen molar-refractivity contribution in [3.8, 4) is 0 Å². The van der Waals surface area contributed by atoms with Gasteiger partial charge in [0.2, 0.25) is 0 Å². The van der Waals surface area contributed by atoms with E-state index >= 15 is 0 Å². The molecule has 4 aromatic heterocycles. The lowest BCUT2D eigenvalue weighted by Crippen LogP contribution is -2.12. The second-order valence-electron chi connectivity index (χ2n) is 18.7. The second-order valence-corrected chi connectivity index (χ2v) is 18.7. The number of rotatable bonds is 6. The van der Waals surface area contributed by atoms with Crippen LogP contribution in [-0.2, 0) is 0 Å². The first-order valence-corrected chi connectivity index (χ1v) is 24.3. The molecule has 0 radical (unpaired) electrons. The smallest absolute Gasteiger partial charge is 0.159 e. The molecule has 0 N–H and O–H groups in total. The van der Waals surface area contributed by atoms with Gasteiger partial charge in [0.15, 0.2) is 11.2 Å². The van der Waals surface area contributed by atoms with Crippen molar-refractivity contribution >= 4 is 154 Å². The fourth-order valence-electron chi connectivity index (χ4n) is 11.6. The Morgan fingerprint density at radius 2 is 0.514 bits per heavy atom. The lowest BCUT2D eigenvalue weighted by atomic mass is 9.93. The molecule has 12 aromatic carbocycles. The summed E-state index contributed by atoms with van der Waals surface area (Å²) in [6, 6.07) is 81.6. The van der Waals surface area contributed by atoms with Gasteiger partial charge in [0, 0.05) is 65.2 Å². The minimum Gasteiger partial charge on any atom is -0.456 e. The first-order valence-electron chi connectivity index (χ1n) is 24.3. The minimum atomic E-state index is 0.818. The molecule has 0 saturated heterocycles. The van der Waals surface area contributed by atoms with E-state index in [4.69, 9.17) is 17.7 Å². The molecule has 0 aliphatic heterocycles. The van der Waals surface area contributed by atoms with Gasteiger partial charge in [0.05, 0.1) is 22.7 Å². The van der Waals surface area contributed by atoms with Gasteiger partial charge in [0.25, 0.3) is 0 Å². The monoisotopic (exact) mass is 922 g/mol. The van der Waals surface area contributed by atoms with Gasteiger partial charge in [-0.1, -0.05) is 146 Å². The van der Waals surface area contributed by atoms with Crippen molar-refractivity contribution in [1.29, 1.82) is 0 Å². The predicted octanol–water partition coefficient (Wildman–Crippen LogP) is 19.7. The van der Waals surface area contributed by atoms with Crippen molar-refractivity contribution in [1.82, 2.24) is 0 Å². The van der Waals surface area contributed by atoms with Crippen molar-refractivity contribution in [3.63, 3.8) is 0 Å². The summed E-state index contributed by atoms with van der Waals surface area (Å²) in [5.74, 6) is 0. The summed E-state index contributed by atoms with van der Waals surface area (Å²) in [7, 11) is 0. The van der Waals surface area contributed by atoms with Crippen LogP contribution in [0.1, 0.15) is 0 Å². The van der Waals surface area contributed by atoms with E-state index < -0.39 is 0 Å². The van der Waals surface area contributed by atoms with Crippen LogP contribution >= 0.6 is 0 Å². The van der Waals surface area contributed by atoms with Gasteiger partial charge in [-0.3, -0.25) is 0 Å². The van der Waals surface area contributed by atoms with E-state index in [1.165, 1.54) is 0 Å². The Morgan fingerprint density at radius 1 is 0.194 bits per heavy atom. The van der Waals surface area contributed by atoms with Crippen LogP contribution in [-0.4, -0.2) is 0 Å². The van der Waals surface area contributed by atoms with Gasteiger partial charge in [-0.25, -0.2) is 0 Å². The molecule has 16 rings (SSSR count). The zero-order valence-electron chi connectivity index (χ0n) is 38.5. The molecular formula is C66H38N2O4. The van der Waals surface area contributed by atoms with Gasteiger partial charge in [-0.15, -0.1) is 0 Å². The summed E-state index contributed by atoms with van der Waals surface area (Å²) >= 11 is 0. The summed E-state index contributed by atoms with van der Waals surface area (Å²) in [5.41, 5.74) is 12.6. The van der Waals surface area contributed by atoms with Crippen molar-refractivity contribution < 1.29 is 17.7 Å². The van der Waals surface area contributed by atoms with Crippen LogP contribution in [0.15, 0.2) is 248 Å². The molecule has 0 aliphatic rings. The van der Waals surface area contributed by atoms with Crippen LogP contribution < -0.4 is 9.80 Å². The maximum absolute atomic E-state index is 6.86. The molecular weight excluding hydrogens is 885 g/mol. The van der Waals surface area contributed by atoms with Crippen LogP contribution in [0.25, 0.3) is 120 Å². The minimum absolute atomic E-state index is 0.818. The molecule has 72 heavy (non-hydrogen) atoms. The maximum atomic E-state index is 6.86. The number of anilines is 6. The van der Waals surface area contributed by atoms with E-state index in [0.29, 0.717) is 0 Å². The Bertz CT molecular complexity index is 4610. The molecule has 6 nitrogen and oxygen atoms in total. The highest BCUT2D eigenvalue weighted by Crippen LogP contribution is 2.51. The lowest BCUT2D eigenvalue weighted by Gasteiger charge is -2.30. The average Bonchev–Trinajstić information content (AvgIpc) is 4.22. The molecule has 0 unspecified atom stereocenters. The molecule has 0 amide bonds. The number of fused-ring (bicyclic) bond motifs is 17. The average molecular weight is 923 g/mol. The Hall–Kier alpha value is -9.78. The highest BCUT2D eigenvalue weighted by Gasteiger charge is 2.27. The van der Waals surface area contributed by atoms with Crippen molar-refractivity contribution in [2.45, 2.75) is 0 Å². The Kier molecular flexibility index (Phi) is 8.07. The van der Waals surface area contributed by atoms with Crippen LogP contribution in [0.3, 0.4) is 0 Å². The molecule has 6 heteroatoms. The van der Waals surface area contributed by atoms with Gasteiger partial charge in [0.1, 0.15) is 33.5 Å². The van der Waals surface area contributed by atoms with E-state index in [0.717, 1.165) is 154 Å². The van der Waals surface area contributed by atoms with E-state index in [2.05, 4.69) is 204 Å². The number of furan rings is 4. The first-order chi connectivity index (χ1) is 35.7. The van der Waals surface area contributed by atoms with Crippen LogP contribution in [0, 0.1) is 0 Å². The second kappa shape index (κ2) is 14.9. The summed E-state index contributed by atoms with van der Waals surface area (Å²) in [6.07, 6.45) is 0. The fraction of sp³-hybridized carbons (Fsp3) is 0. The molecule has 0 saturated carbocycles. The molecule has 16 aromatic rings. The zero-order chi connectivity index (χ0) is 47.0. The third-order valence-electron chi connectivity index (χ3n) is 14.8. The molecule has 336 valence electrons. The normalized spacial score (nSPS) is 12.2. The van der Waals surface area contributed by atoms with Gasteiger partial charge < -0.3 is 27.5 Å². The summed E-state index contributed by atoms with van der Waals surface area (Å²) < 4.78 is 26.5. The third kappa shape index (κ3) is 5.60. The van der Waals surface area contributed by atoms with Crippen molar-refractivity contribution in [2.75, 3.05) is 9.80 Å². The predicted molar refractivity (Wildman–Crippen MR) is 297 cm³/mol. The van der Waals surface area contributed by atoms with Gasteiger partial charge >= 0.3 is 0 Å². The standard InChI is InChI=1S/C66H38N2O4/c1-3-17-43-41(15-1)51-37-58(68(40-32-34-64-54(36-40)48-22-8-10-28-60(48)70-64)56-26-14-24-50-46-20-6-12-30-62(46)72-66(50)56)44-18-4-2-16-42(44)52(51)38-57(43)67(39-31-33-63-53(35-39)47-21-7-9-27-59(47)69-63)55-25-13-23-49-45-19-5-11-29-61(45)71-65(49)55/h1-38H. The van der Waals surface area contributed by atoms with Crippen LogP contribution in [0.5, 0.6) is 0 Å². The fourth-order valence-corrected chi connectivity index (χ4v) is 11.6. The molecule has 4 heterocycles. The van der Waals surface area contributed by atoms with Crippen molar-refractivity contribution in [3.05, 3.63) is 231 Å². The summed E-state index contributed by atoms with van der Waals surface area (Å²) in [6.45, 7) is 0. The topological polar surface area (TPSA) is 59.0 Å². The summed E-state index contributed by atoms with van der Waals surface area (Å²) in [5, 5.41) is 15.2. The zero-order valence-corrected chi connectivity index (χ0v) is 38.5. The lowest BCUT2D eigenvalue weighted by molar-refractivity contribution is 0.668. The first kappa shape index (κ1) is 39.1. The largest absolute Gasteiger partial charge is 0.456 e. The maximum Gasteiger partial charge on any atom is 0.159 e.